The van der Waals surface area contributed by atoms with Crippen LogP contribution in [0.15, 0.2) is 53.0 Å². The number of hydrogen-bond donors (Lipinski definition) is 0. The van der Waals surface area contributed by atoms with Gasteiger partial charge in [0.05, 0.1) is 0 Å². The second-order valence-corrected chi connectivity index (χ2v) is 5.50. The topological polar surface area (TPSA) is 20.3 Å². The highest BCUT2D eigenvalue weighted by Crippen LogP contribution is 2.16. The molecule has 0 amide bonds. The van der Waals surface area contributed by atoms with Crippen LogP contribution in [0.25, 0.3) is 0 Å². The number of benzene rings is 2. The van der Waals surface area contributed by atoms with Crippen molar-refractivity contribution in [1.82, 2.24) is 0 Å². The Bertz CT molecular complexity index is 615. The number of ketones is 1. The van der Waals surface area contributed by atoms with Gasteiger partial charge in [0.1, 0.15) is 5.82 Å². The molecule has 20 heavy (non-hydrogen) atoms. The Hall–Kier alpha value is -1.68. The molecule has 0 fully saturated rings. The molecule has 0 saturated heterocycles. The van der Waals surface area contributed by atoms with Crippen LogP contribution in [-0.2, 0) is 0 Å². The van der Waals surface area contributed by atoms with Crippen LogP contribution in [0.2, 0.25) is 0 Å². The maximum atomic E-state index is 13.1. The summed E-state index contributed by atoms with van der Waals surface area (Å²) >= 11 is 3.35. The SMILES string of the molecule is CN(CCC(=O)c1cccc(Br)c1)c1cccc(F)c1. The lowest BCUT2D eigenvalue weighted by Gasteiger charge is -2.18. The second kappa shape index (κ2) is 6.66. The van der Waals surface area contributed by atoms with Crippen molar-refractivity contribution in [2.45, 2.75) is 6.42 Å². The number of carbonyl (C=O) groups excluding carboxylic acids is 1. The molecule has 4 heteroatoms. The predicted octanol–water partition coefficient (Wildman–Crippen LogP) is 4.30. The minimum absolute atomic E-state index is 0.0783. The van der Waals surface area contributed by atoms with Gasteiger partial charge in [-0.3, -0.25) is 4.79 Å². The monoisotopic (exact) mass is 335 g/mol. The van der Waals surface area contributed by atoms with E-state index in [1.807, 2.05) is 36.2 Å². The average Bonchev–Trinajstić information content (AvgIpc) is 2.44. The van der Waals surface area contributed by atoms with Gasteiger partial charge in [0.15, 0.2) is 5.78 Å². The first-order valence-corrected chi connectivity index (χ1v) is 7.11. The maximum Gasteiger partial charge on any atom is 0.164 e. The van der Waals surface area contributed by atoms with Gasteiger partial charge in [-0.05, 0) is 30.3 Å². The van der Waals surface area contributed by atoms with Crippen LogP contribution >= 0.6 is 15.9 Å². The molecule has 0 unspecified atom stereocenters. The molecule has 2 nitrogen and oxygen atoms in total. The van der Waals surface area contributed by atoms with Crippen LogP contribution in [0.3, 0.4) is 0 Å². The summed E-state index contributed by atoms with van der Waals surface area (Å²) in [6, 6.07) is 13.7. The van der Waals surface area contributed by atoms with Gasteiger partial charge in [0, 0.05) is 35.7 Å². The number of hydrogen-bond acceptors (Lipinski definition) is 2. The Morgan fingerprint density at radius 2 is 1.95 bits per heavy atom. The number of halogens is 2. The van der Waals surface area contributed by atoms with E-state index < -0.39 is 0 Å². The van der Waals surface area contributed by atoms with Gasteiger partial charge in [-0.15, -0.1) is 0 Å². The van der Waals surface area contributed by atoms with E-state index in [9.17, 15) is 9.18 Å². The molecular weight excluding hydrogens is 321 g/mol. The van der Waals surface area contributed by atoms with Crippen LogP contribution in [0, 0.1) is 5.82 Å². The smallest absolute Gasteiger partial charge is 0.164 e. The van der Waals surface area contributed by atoms with Crippen LogP contribution in [0.5, 0.6) is 0 Å². The molecule has 0 aromatic heterocycles. The molecule has 2 aromatic carbocycles. The van der Waals surface area contributed by atoms with E-state index in [-0.39, 0.29) is 11.6 Å². The number of carbonyl (C=O) groups is 1. The van der Waals surface area contributed by atoms with Crippen LogP contribution in [0.1, 0.15) is 16.8 Å². The zero-order valence-corrected chi connectivity index (χ0v) is 12.7. The molecule has 0 aliphatic heterocycles. The molecule has 0 aliphatic rings. The van der Waals surface area contributed by atoms with Crippen LogP contribution in [0.4, 0.5) is 10.1 Å². The second-order valence-electron chi connectivity index (χ2n) is 4.58. The molecule has 104 valence electrons. The highest BCUT2D eigenvalue weighted by atomic mass is 79.9. The van der Waals surface area contributed by atoms with E-state index in [1.54, 1.807) is 12.1 Å². The fraction of sp³-hybridized carbons (Fsp3) is 0.188. The zero-order chi connectivity index (χ0) is 14.5. The zero-order valence-electron chi connectivity index (χ0n) is 11.1. The summed E-state index contributed by atoms with van der Waals surface area (Å²) in [7, 11) is 1.85. The number of anilines is 1. The normalized spacial score (nSPS) is 10.3. The summed E-state index contributed by atoms with van der Waals surface area (Å²) in [5.74, 6) is -0.192. The van der Waals surface area contributed by atoms with Crippen molar-refractivity contribution in [3.05, 3.63) is 64.4 Å². The molecule has 0 heterocycles. The van der Waals surface area contributed by atoms with Gasteiger partial charge < -0.3 is 4.90 Å². The van der Waals surface area contributed by atoms with E-state index in [4.69, 9.17) is 0 Å². The summed E-state index contributed by atoms with van der Waals surface area (Å²) in [6.45, 7) is 0.550. The molecule has 0 aliphatic carbocycles. The van der Waals surface area contributed by atoms with Gasteiger partial charge in [-0.2, -0.15) is 0 Å². The van der Waals surface area contributed by atoms with Crippen molar-refractivity contribution in [2.24, 2.45) is 0 Å². The first-order chi connectivity index (χ1) is 9.56. The molecule has 0 radical (unpaired) electrons. The summed E-state index contributed by atoms with van der Waals surface area (Å²) < 4.78 is 14.0. The summed E-state index contributed by atoms with van der Waals surface area (Å²) in [6.07, 6.45) is 0.392. The van der Waals surface area contributed by atoms with Gasteiger partial charge in [-0.25, -0.2) is 4.39 Å². The largest absolute Gasteiger partial charge is 0.374 e. The van der Waals surface area contributed by atoms with E-state index >= 15 is 0 Å². The fourth-order valence-corrected chi connectivity index (χ4v) is 2.32. The number of nitrogens with zero attached hydrogens (tertiary/aromatic N) is 1. The molecular formula is C16H15BrFNO. The maximum absolute atomic E-state index is 13.1. The summed E-state index contributed by atoms with van der Waals surface area (Å²) in [5, 5.41) is 0. The molecule has 0 spiro atoms. The Morgan fingerprint density at radius 3 is 2.65 bits per heavy atom. The third kappa shape index (κ3) is 3.90. The van der Waals surface area contributed by atoms with E-state index in [2.05, 4.69) is 15.9 Å². The third-order valence-corrected chi connectivity index (χ3v) is 3.56. The molecule has 0 saturated carbocycles. The predicted molar refractivity (Wildman–Crippen MR) is 82.8 cm³/mol. The molecule has 2 rings (SSSR count). The Labute approximate surface area is 126 Å². The Kier molecular flexibility index (Phi) is 4.90. The number of Topliss-reactive ketones (excluding diaryl/α,β-unsaturated/α-hetero) is 1. The standard InChI is InChI=1S/C16H15BrFNO/c1-19(15-7-3-6-14(18)11-15)9-8-16(20)12-4-2-5-13(17)10-12/h2-7,10-11H,8-9H2,1H3. The first kappa shape index (κ1) is 14.7. The van der Waals surface area contributed by atoms with Gasteiger partial charge in [0.25, 0.3) is 0 Å². The van der Waals surface area contributed by atoms with Crippen molar-refractivity contribution in [3.8, 4) is 0 Å². The highest BCUT2D eigenvalue weighted by Gasteiger charge is 2.09. The first-order valence-electron chi connectivity index (χ1n) is 6.32. The van der Waals surface area contributed by atoms with Crippen molar-refractivity contribution < 1.29 is 9.18 Å². The average molecular weight is 336 g/mol. The molecule has 0 N–H and O–H groups in total. The minimum Gasteiger partial charge on any atom is -0.374 e. The molecule has 2 aromatic rings. The van der Waals surface area contributed by atoms with E-state index in [1.165, 1.54) is 12.1 Å². The van der Waals surface area contributed by atoms with E-state index in [0.29, 0.717) is 18.5 Å². The molecule has 0 atom stereocenters. The van der Waals surface area contributed by atoms with Crippen molar-refractivity contribution in [1.29, 1.82) is 0 Å². The van der Waals surface area contributed by atoms with Crippen LogP contribution in [-0.4, -0.2) is 19.4 Å². The Balaban J connectivity index is 1.96. The van der Waals surface area contributed by atoms with Crippen LogP contribution < -0.4 is 4.90 Å². The quantitative estimate of drug-likeness (QED) is 0.759. The summed E-state index contributed by atoms with van der Waals surface area (Å²) in [5.41, 5.74) is 1.46. The van der Waals surface area contributed by atoms with Crippen molar-refractivity contribution in [2.75, 3.05) is 18.5 Å². The lowest BCUT2D eigenvalue weighted by Crippen LogP contribution is -2.21. The Morgan fingerprint density at radius 1 is 1.20 bits per heavy atom. The van der Waals surface area contributed by atoms with Crippen molar-refractivity contribution in [3.63, 3.8) is 0 Å². The molecule has 0 bridgehead atoms. The number of rotatable bonds is 5. The van der Waals surface area contributed by atoms with Gasteiger partial charge >= 0.3 is 0 Å². The minimum atomic E-state index is -0.271. The third-order valence-electron chi connectivity index (χ3n) is 3.07. The highest BCUT2D eigenvalue weighted by molar-refractivity contribution is 9.10. The van der Waals surface area contributed by atoms with Crippen molar-refractivity contribution >= 4 is 27.4 Å². The van der Waals surface area contributed by atoms with Gasteiger partial charge in [0.2, 0.25) is 0 Å². The lowest BCUT2D eigenvalue weighted by molar-refractivity contribution is 0.0985. The van der Waals surface area contributed by atoms with Gasteiger partial charge in [-0.1, -0.05) is 34.1 Å². The lowest BCUT2D eigenvalue weighted by atomic mass is 10.1. The van der Waals surface area contributed by atoms with E-state index in [0.717, 1.165) is 10.2 Å². The summed E-state index contributed by atoms with van der Waals surface area (Å²) in [4.78, 5) is 14.0. The fourth-order valence-electron chi connectivity index (χ4n) is 1.92.